The van der Waals surface area contributed by atoms with Crippen LogP contribution in [0.25, 0.3) is 0 Å². The number of hydrogen-bond acceptors (Lipinski definition) is 6. The lowest BCUT2D eigenvalue weighted by Gasteiger charge is -2.10. The van der Waals surface area contributed by atoms with E-state index in [2.05, 4.69) is 15.0 Å². The van der Waals surface area contributed by atoms with E-state index in [4.69, 9.17) is 9.47 Å². The first-order chi connectivity index (χ1) is 13.0. The van der Waals surface area contributed by atoms with Gasteiger partial charge in [-0.1, -0.05) is 0 Å². The van der Waals surface area contributed by atoms with Crippen LogP contribution in [0.5, 0.6) is 11.5 Å². The number of nitrogens with one attached hydrogen (secondary N) is 2. The fraction of sp³-hybridized carbons (Fsp3) is 0.0556. The fourth-order valence-corrected chi connectivity index (χ4v) is 3.49. The van der Waals surface area contributed by atoms with Gasteiger partial charge in [0.15, 0.2) is 11.5 Å². The summed E-state index contributed by atoms with van der Waals surface area (Å²) in [5.41, 5.74) is 1.44. The maximum atomic E-state index is 12.9. The van der Waals surface area contributed by atoms with E-state index in [1.165, 1.54) is 24.4 Å². The summed E-state index contributed by atoms with van der Waals surface area (Å²) in [4.78, 5) is 4.04. The topological polar surface area (TPSA) is 89.6 Å². The fourth-order valence-electron chi connectivity index (χ4n) is 2.48. The molecule has 1 aliphatic heterocycles. The summed E-state index contributed by atoms with van der Waals surface area (Å²) in [6.45, 7) is 0.198. The summed E-state index contributed by atoms with van der Waals surface area (Å²) in [5.74, 6) is 0.974. The zero-order valence-corrected chi connectivity index (χ0v) is 14.7. The Morgan fingerprint density at radius 1 is 0.926 bits per heavy atom. The Morgan fingerprint density at radius 3 is 2.41 bits per heavy atom. The number of pyridine rings is 1. The van der Waals surface area contributed by atoms with E-state index in [0.29, 0.717) is 17.2 Å². The molecule has 27 heavy (non-hydrogen) atoms. The Kier molecular flexibility index (Phi) is 4.28. The first-order valence-electron chi connectivity index (χ1n) is 7.91. The molecule has 2 aromatic carbocycles. The molecular formula is C18H14FN3O4S. The molecule has 0 aliphatic carbocycles. The number of nitrogens with zero attached hydrogens (tertiary/aromatic N) is 1. The Bertz CT molecular complexity index is 1070. The van der Waals surface area contributed by atoms with E-state index in [-0.39, 0.29) is 17.5 Å². The molecule has 4 rings (SSSR count). The van der Waals surface area contributed by atoms with Crippen molar-refractivity contribution in [2.24, 2.45) is 0 Å². The average Bonchev–Trinajstić information content (AvgIpc) is 3.11. The summed E-state index contributed by atoms with van der Waals surface area (Å²) in [5, 5.41) is 3.14. The number of rotatable bonds is 5. The molecule has 138 valence electrons. The third kappa shape index (κ3) is 3.77. The molecule has 2 N–H and O–H groups in total. The van der Waals surface area contributed by atoms with Gasteiger partial charge in [0.1, 0.15) is 11.6 Å². The van der Waals surface area contributed by atoms with Crippen molar-refractivity contribution in [3.05, 3.63) is 66.6 Å². The van der Waals surface area contributed by atoms with E-state index < -0.39 is 15.8 Å². The highest BCUT2D eigenvalue weighted by atomic mass is 32.2. The Morgan fingerprint density at radius 2 is 1.67 bits per heavy atom. The van der Waals surface area contributed by atoms with Gasteiger partial charge in [0.2, 0.25) is 6.79 Å². The number of hydrogen-bond donors (Lipinski definition) is 2. The predicted octanol–water partition coefficient (Wildman–Crippen LogP) is 3.49. The number of aromatic nitrogens is 1. The molecule has 0 spiro atoms. The summed E-state index contributed by atoms with van der Waals surface area (Å²) in [6, 6.07) is 13.2. The van der Waals surface area contributed by atoms with Crippen LogP contribution in [0.1, 0.15) is 0 Å². The lowest BCUT2D eigenvalue weighted by atomic mass is 10.2. The first kappa shape index (κ1) is 17.1. The van der Waals surface area contributed by atoms with Gasteiger partial charge in [-0.05, 0) is 48.5 Å². The molecular weight excluding hydrogens is 373 g/mol. The van der Waals surface area contributed by atoms with Gasteiger partial charge >= 0.3 is 0 Å². The van der Waals surface area contributed by atoms with Gasteiger partial charge in [-0.3, -0.25) is 4.72 Å². The number of halogens is 1. The molecule has 2 heterocycles. The minimum Gasteiger partial charge on any atom is -0.454 e. The van der Waals surface area contributed by atoms with Crippen molar-refractivity contribution in [2.45, 2.75) is 4.90 Å². The normalized spacial score (nSPS) is 12.6. The third-order valence-electron chi connectivity index (χ3n) is 3.79. The van der Waals surface area contributed by atoms with Crippen LogP contribution in [0.15, 0.2) is 65.7 Å². The summed E-state index contributed by atoms with van der Waals surface area (Å²) in [6.07, 6.45) is 1.49. The molecule has 1 aromatic heterocycles. The maximum absolute atomic E-state index is 12.9. The van der Waals surface area contributed by atoms with Gasteiger partial charge in [0.05, 0.1) is 16.8 Å². The molecule has 1 aliphatic rings. The molecule has 0 saturated heterocycles. The zero-order valence-electron chi connectivity index (χ0n) is 13.8. The summed E-state index contributed by atoms with van der Waals surface area (Å²) < 4.78 is 50.4. The quantitative estimate of drug-likeness (QED) is 0.697. The third-order valence-corrected chi connectivity index (χ3v) is 5.16. The smallest absolute Gasteiger partial charge is 0.263 e. The highest BCUT2D eigenvalue weighted by molar-refractivity contribution is 7.92. The number of anilines is 3. The van der Waals surface area contributed by atoms with Gasteiger partial charge in [-0.15, -0.1) is 0 Å². The van der Waals surface area contributed by atoms with Crippen LogP contribution in [-0.4, -0.2) is 20.2 Å². The SMILES string of the molecule is O=S(=O)(Nc1ccc(Nc2ccc3c(c2)OCO3)cn1)c1ccc(F)cc1. The molecule has 7 nitrogen and oxygen atoms in total. The first-order valence-corrected chi connectivity index (χ1v) is 9.39. The zero-order chi connectivity index (χ0) is 18.9. The van der Waals surface area contributed by atoms with E-state index in [0.717, 1.165) is 17.8 Å². The largest absolute Gasteiger partial charge is 0.454 e. The van der Waals surface area contributed by atoms with Crippen LogP contribution in [0.2, 0.25) is 0 Å². The van der Waals surface area contributed by atoms with Crippen molar-refractivity contribution in [1.82, 2.24) is 4.98 Å². The molecule has 0 fully saturated rings. The minimum absolute atomic E-state index is 0.0479. The molecule has 9 heteroatoms. The predicted molar refractivity (Wildman–Crippen MR) is 97.3 cm³/mol. The second kappa shape index (κ2) is 6.76. The maximum Gasteiger partial charge on any atom is 0.263 e. The molecule has 0 radical (unpaired) electrons. The van der Waals surface area contributed by atoms with Crippen molar-refractivity contribution in [1.29, 1.82) is 0 Å². The van der Waals surface area contributed by atoms with E-state index >= 15 is 0 Å². The van der Waals surface area contributed by atoms with E-state index in [9.17, 15) is 12.8 Å². The van der Waals surface area contributed by atoms with Crippen molar-refractivity contribution in [3.8, 4) is 11.5 Å². The second-order valence-electron chi connectivity index (χ2n) is 5.68. The monoisotopic (exact) mass is 387 g/mol. The van der Waals surface area contributed by atoms with Crippen LogP contribution in [-0.2, 0) is 10.0 Å². The lowest BCUT2D eigenvalue weighted by molar-refractivity contribution is 0.174. The average molecular weight is 387 g/mol. The number of sulfonamides is 1. The van der Waals surface area contributed by atoms with Crippen molar-refractivity contribution in [2.75, 3.05) is 16.8 Å². The number of benzene rings is 2. The summed E-state index contributed by atoms with van der Waals surface area (Å²) >= 11 is 0. The number of fused-ring (bicyclic) bond motifs is 1. The molecule has 0 saturated carbocycles. The van der Waals surface area contributed by atoms with Crippen molar-refractivity contribution >= 4 is 27.2 Å². The molecule has 0 amide bonds. The van der Waals surface area contributed by atoms with Gasteiger partial charge in [-0.2, -0.15) is 0 Å². The van der Waals surface area contributed by atoms with Crippen LogP contribution in [0.3, 0.4) is 0 Å². The Labute approximate surface area is 154 Å². The summed E-state index contributed by atoms with van der Waals surface area (Å²) in [7, 11) is -3.84. The molecule has 0 bridgehead atoms. The Balaban J connectivity index is 1.46. The highest BCUT2D eigenvalue weighted by Crippen LogP contribution is 2.35. The van der Waals surface area contributed by atoms with Crippen LogP contribution >= 0.6 is 0 Å². The van der Waals surface area contributed by atoms with Gasteiger partial charge in [0, 0.05) is 11.8 Å². The van der Waals surface area contributed by atoms with E-state index in [1.807, 2.05) is 6.07 Å². The minimum atomic E-state index is -3.84. The Hall–Kier alpha value is -3.33. The lowest BCUT2D eigenvalue weighted by Crippen LogP contribution is -2.13. The van der Waals surface area contributed by atoms with Crippen LogP contribution in [0.4, 0.5) is 21.6 Å². The van der Waals surface area contributed by atoms with Gasteiger partial charge in [0.25, 0.3) is 10.0 Å². The second-order valence-corrected chi connectivity index (χ2v) is 7.37. The van der Waals surface area contributed by atoms with Crippen molar-refractivity contribution in [3.63, 3.8) is 0 Å². The molecule has 0 atom stereocenters. The molecule has 0 unspecified atom stereocenters. The van der Waals surface area contributed by atoms with E-state index in [1.54, 1.807) is 18.2 Å². The highest BCUT2D eigenvalue weighted by Gasteiger charge is 2.15. The molecule has 3 aromatic rings. The number of ether oxygens (including phenoxy) is 2. The van der Waals surface area contributed by atoms with Crippen LogP contribution < -0.4 is 19.5 Å². The van der Waals surface area contributed by atoms with Gasteiger partial charge in [-0.25, -0.2) is 17.8 Å². The standard InChI is InChI=1S/C18H14FN3O4S/c19-12-1-5-15(6-2-12)27(23,24)22-18-8-4-14(10-20-18)21-13-3-7-16-17(9-13)26-11-25-16/h1-10,21H,11H2,(H,20,22). The van der Waals surface area contributed by atoms with Crippen LogP contribution in [0, 0.1) is 5.82 Å². The van der Waals surface area contributed by atoms with Gasteiger partial charge < -0.3 is 14.8 Å². The van der Waals surface area contributed by atoms with Crippen molar-refractivity contribution < 1.29 is 22.3 Å².